The Morgan fingerprint density at radius 2 is 2.17 bits per heavy atom. The van der Waals surface area contributed by atoms with Crippen LogP contribution in [0.4, 0.5) is 0 Å². The van der Waals surface area contributed by atoms with Crippen molar-refractivity contribution in [2.75, 3.05) is 20.3 Å². The second kappa shape index (κ2) is 5.87. The summed E-state index contributed by atoms with van der Waals surface area (Å²) in [6.45, 7) is 3.59. The van der Waals surface area contributed by atoms with E-state index in [1.54, 1.807) is 7.11 Å². The van der Waals surface area contributed by atoms with Gasteiger partial charge in [0.1, 0.15) is 11.6 Å². The molecule has 18 heavy (non-hydrogen) atoms. The van der Waals surface area contributed by atoms with Gasteiger partial charge in [-0.3, -0.25) is 0 Å². The molecule has 0 N–H and O–H groups in total. The summed E-state index contributed by atoms with van der Waals surface area (Å²) in [5.41, 5.74) is 2.13. The summed E-state index contributed by atoms with van der Waals surface area (Å²) in [5.74, 6) is 1.96. The molecule has 0 unspecified atom stereocenters. The quantitative estimate of drug-likeness (QED) is 0.737. The van der Waals surface area contributed by atoms with Crippen molar-refractivity contribution >= 4 is 11.0 Å². The van der Waals surface area contributed by atoms with Gasteiger partial charge in [0.15, 0.2) is 0 Å². The van der Waals surface area contributed by atoms with Gasteiger partial charge in [-0.15, -0.1) is 0 Å². The van der Waals surface area contributed by atoms with Gasteiger partial charge >= 0.3 is 0 Å². The molecule has 0 aliphatic heterocycles. The van der Waals surface area contributed by atoms with Gasteiger partial charge < -0.3 is 14.0 Å². The van der Waals surface area contributed by atoms with Crippen LogP contribution in [-0.4, -0.2) is 29.9 Å². The number of aromatic nitrogens is 2. The normalized spacial score (nSPS) is 11.1. The minimum Gasteiger partial charge on any atom is -0.497 e. The SMILES string of the molecule is CCOCCCc1nc2ccc(OC)cc2n1C. The highest BCUT2D eigenvalue weighted by molar-refractivity contribution is 5.77. The maximum atomic E-state index is 5.35. The number of aryl methyl sites for hydroxylation is 2. The largest absolute Gasteiger partial charge is 0.497 e. The van der Waals surface area contributed by atoms with Crippen molar-refractivity contribution in [2.45, 2.75) is 19.8 Å². The predicted molar refractivity (Wildman–Crippen MR) is 72.1 cm³/mol. The molecule has 0 aliphatic carbocycles. The molecule has 1 aromatic carbocycles. The van der Waals surface area contributed by atoms with Crippen LogP contribution in [0, 0.1) is 0 Å². The number of hydrogen-bond acceptors (Lipinski definition) is 3. The van der Waals surface area contributed by atoms with E-state index in [0.29, 0.717) is 0 Å². The van der Waals surface area contributed by atoms with E-state index in [1.165, 1.54) is 0 Å². The topological polar surface area (TPSA) is 36.3 Å². The zero-order chi connectivity index (χ0) is 13.0. The number of ether oxygens (including phenoxy) is 2. The van der Waals surface area contributed by atoms with Crippen LogP contribution in [0.2, 0.25) is 0 Å². The standard InChI is InChI=1S/C14H20N2O2/c1-4-18-9-5-6-14-15-12-8-7-11(17-3)10-13(12)16(14)2/h7-8,10H,4-6,9H2,1-3H3. The lowest BCUT2D eigenvalue weighted by molar-refractivity contribution is 0.144. The van der Waals surface area contributed by atoms with E-state index in [1.807, 2.05) is 32.2 Å². The molecule has 0 spiro atoms. The van der Waals surface area contributed by atoms with Gasteiger partial charge in [-0.1, -0.05) is 0 Å². The zero-order valence-corrected chi connectivity index (χ0v) is 11.3. The third kappa shape index (κ3) is 2.64. The first-order chi connectivity index (χ1) is 8.76. The van der Waals surface area contributed by atoms with Crippen molar-refractivity contribution in [1.82, 2.24) is 9.55 Å². The second-order valence-corrected chi connectivity index (χ2v) is 4.24. The van der Waals surface area contributed by atoms with Crippen molar-refractivity contribution in [1.29, 1.82) is 0 Å². The van der Waals surface area contributed by atoms with Gasteiger partial charge in [0, 0.05) is 32.7 Å². The van der Waals surface area contributed by atoms with Crippen LogP contribution in [0.25, 0.3) is 11.0 Å². The van der Waals surface area contributed by atoms with Gasteiger partial charge in [0.2, 0.25) is 0 Å². The fourth-order valence-electron chi connectivity index (χ4n) is 2.05. The highest BCUT2D eigenvalue weighted by Crippen LogP contribution is 2.21. The number of hydrogen-bond donors (Lipinski definition) is 0. The summed E-state index contributed by atoms with van der Waals surface area (Å²) in [6.07, 6.45) is 1.94. The number of imidazole rings is 1. The Hall–Kier alpha value is -1.55. The summed E-state index contributed by atoms with van der Waals surface area (Å²) >= 11 is 0. The van der Waals surface area contributed by atoms with Crippen molar-refractivity contribution in [3.05, 3.63) is 24.0 Å². The number of benzene rings is 1. The van der Waals surface area contributed by atoms with Crippen LogP contribution in [0.5, 0.6) is 5.75 Å². The maximum absolute atomic E-state index is 5.35. The number of nitrogens with zero attached hydrogens (tertiary/aromatic N) is 2. The van der Waals surface area contributed by atoms with E-state index in [0.717, 1.165) is 48.7 Å². The van der Waals surface area contributed by atoms with Crippen LogP contribution in [0.1, 0.15) is 19.2 Å². The van der Waals surface area contributed by atoms with Crippen molar-refractivity contribution in [3.8, 4) is 5.75 Å². The molecule has 4 heteroatoms. The predicted octanol–water partition coefficient (Wildman–Crippen LogP) is 2.55. The lowest BCUT2D eigenvalue weighted by Gasteiger charge is -2.03. The van der Waals surface area contributed by atoms with Crippen molar-refractivity contribution < 1.29 is 9.47 Å². The zero-order valence-electron chi connectivity index (χ0n) is 11.3. The summed E-state index contributed by atoms with van der Waals surface area (Å²) in [7, 11) is 3.73. The van der Waals surface area contributed by atoms with E-state index in [-0.39, 0.29) is 0 Å². The molecule has 0 amide bonds. The summed E-state index contributed by atoms with van der Waals surface area (Å²) in [5, 5.41) is 0. The molecule has 0 saturated carbocycles. The first kappa shape index (κ1) is 12.9. The molecular weight excluding hydrogens is 228 g/mol. The molecule has 0 saturated heterocycles. The summed E-state index contributed by atoms with van der Waals surface area (Å²) in [6, 6.07) is 5.97. The van der Waals surface area contributed by atoms with Gasteiger partial charge in [0.05, 0.1) is 18.1 Å². The Bertz CT molecular complexity index is 520. The fourth-order valence-corrected chi connectivity index (χ4v) is 2.05. The summed E-state index contributed by atoms with van der Waals surface area (Å²) < 4.78 is 12.7. The van der Waals surface area contributed by atoms with E-state index < -0.39 is 0 Å². The average molecular weight is 248 g/mol. The number of methoxy groups -OCH3 is 1. The minimum absolute atomic E-state index is 0.778. The molecule has 4 nitrogen and oxygen atoms in total. The van der Waals surface area contributed by atoms with Gasteiger partial charge in [-0.05, 0) is 25.5 Å². The second-order valence-electron chi connectivity index (χ2n) is 4.24. The molecule has 0 bridgehead atoms. The van der Waals surface area contributed by atoms with Gasteiger partial charge in [0.25, 0.3) is 0 Å². The number of rotatable bonds is 6. The minimum atomic E-state index is 0.778. The first-order valence-electron chi connectivity index (χ1n) is 6.33. The average Bonchev–Trinajstić information content (AvgIpc) is 2.71. The smallest absolute Gasteiger partial charge is 0.121 e. The monoisotopic (exact) mass is 248 g/mol. The molecule has 2 aromatic rings. The molecule has 0 fully saturated rings. The third-order valence-corrected chi connectivity index (χ3v) is 3.07. The fraction of sp³-hybridized carbons (Fsp3) is 0.500. The summed E-state index contributed by atoms with van der Waals surface area (Å²) in [4.78, 5) is 4.64. The van der Waals surface area contributed by atoms with Gasteiger partial charge in [-0.25, -0.2) is 4.98 Å². The lowest BCUT2D eigenvalue weighted by atomic mass is 10.3. The van der Waals surface area contributed by atoms with E-state index in [4.69, 9.17) is 9.47 Å². The molecule has 1 heterocycles. The van der Waals surface area contributed by atoms with E-state index in [2.05, 4.69) is 9.55 Å². The lowest BCUT2D eigenvalue weighted by Crippen LogP contribution is -2.01. The maximum Gasteiger partial charge on any atom is 0.121 e. The van der Waals surface area contributed by atoms with Crippen molar-refractivity contribution in [2.24, 2.45) is 7.05 Å². The molecule has 0 atom stereocenters. The third-order valence-electron chi connectivity index (χ3n) is 3.07. The number of fused-ring (bicyclic) bond motifs is 1. The highest BCUT2D eigenvalue weighted by atomic mass is 16.5. The van der Waals surface area contributed by atoms with Crippen LogP contribution >= 0.6 is 0 Å². The Kier molecular flexibility index (Phi) is 4.20. The van der Waals surface area contributed by atoms with Crippen LogP contribution in [0.15, 0.2) is 18.2 Å². The molecule has 1 aromatic heterocycles. The van der Waals surface area contributed by atoms with Gasteiger partial charge in [-0.2, -0.15) is 0 Å². The van der Waals surface area contributed by atoms with E-state index >= 15 is 0 Å². The van der Waals surface area contributed by atoms with Crippen LogP contribution in [-0.2, 0) is 18.2 Å². The first-order valence-corrected chi connectivity index (χ1v) is 6.33. The highest BCUT2D eigenvalue weighted by Gasteiger charge is 2.08. The molecule has 2 rings (SSSR count). The Morgan fingerprint density at radius 1 is 1.33 bits per heavy atom. The van der Waals surface area contributed by atoms with Crippen LogP contribution < -0.4 is 4.74 Å². The van der Waals surface area contributed by atoms with Crippen LogP contribution in [0.3, 0.4) is 0 Å². The Morgan fingerprint density at radius 3 is 2.89 bits per heavy atom. The molecule has 0 radical (unpaired) electrons. The molecule has 0 aliphatic rings. The van der Waals surface area contributed by atoms with Crippen molar-refractivity contribution in [3.63, 3.8) is 0 Å². The molecular formula is C14H20N2O2. The molecule has 98 valence electrons. The Balaban J connectivity index is 2.16. The van der Waals surface area contributed by atoms with E-state index in [9.17, 15) is 0 Å². The Labute approximate surface area is 108 Å².